The summed E-state index contributed by atoms with van der Waals surface area (Å²) in [5.74, 6) is 2.21. The third kappa shape index (κ3) is 4.43. The van der Waals surface area contributed by atoms with Gasteiger partial charge in [-0.3, -0.25) is 0 Å². The first-order valence-electron chi connectivity index (χ1n) is 7.27. The van der Waals surface area contributed by atoms with Crippen LogP contribution in [0.25, 0.3) is 11.4 Å². The molecule has 0 aliphatic rings. The Morgan fingerprint density at radius 2 is 2.00 bits per heavy atom. The summed E-state index contributed by atoms with van der Waals surface area (Å²) in [6.45, 7) is 3.09. The molecule has 0 saturated carbocycles. The number of nitrogens with two attached hydrogens (primary N) is 1. The Balaban J connectivity index is 2.12. The summed E-state index contributed by atoms with van der Waals surface area (Å²) < 4.78 is 0. The van der Waals surface area contributed by atoms with E-state index in [1.54, 1.807) is 6.07 Å². The molecule has 2 aromatic rings. The lowest BCUT2D eigenvalue weighted by molar-refractivity contribution is 0.258. The smallest absolute Gasteiger partial charge is 0.163 e. The highest BCUT2D eigenvalue weighted by Gasteiger charge is 2.08. The van der Waals surface area contributed by atoms with E-state index in [-0.39, 0.29) is 6.61 Å². The highest BCUT2D eigenvalue weighted by atomic mass is 16.3. The molecule has 21 heavy (non-hydrogen) atoms. The molecule has 1 heterocycles. The van der Waals surface area contributed by atoms with Crippen LogP contribution < -0.4 is 11.1 Å². The molecule has 0 aliphatic heterocycles. The maximum absolute atomic E-state index is 9.03. The van der Waals surface area contributed by atoms with Crippen molar-refractivity contribution < 1.29 is 5.11 Å². The molecule has 1 atom stereocenters. The van der Waals surface area contributed by atoms with Gasteiger partial charge in [-0.05, 0) is 12.3 Å². The predicted molar refractivity (Wildman–Crippen MR) is 85.9 cm³/mol. The zero-order valence-electron chi connectivity index (χ0n) is 12.3. The van der Waals surface area contributed by atoms with Gasteiger partial charge in [0.1, 0.15) is 11.6 Å². The number of aliphatic hydroxyl groups is 1. The van der Waals surface area contributed by atoms with Gasteiger partial charge in [0.15, 0.2) is 5.82 Å². The van der Waals surface area contributed by atoms with Crippen molar-refractivity contribution >= 4 is 11.6 Å². The number of aliphatic hydroxyl groups excluding tert-OH is 1. The van der Waals surface area contributed by atoms with Crippen molar-refractivity contribution in [2.75, 3.05) is 24.2 Å². The van der Waals surface area contributed by atoms with Gasteiger partial charge in [0.25, 0.3) is 0 Å². The summed E-state index contributed by atoms with van der Waals surface area (Å²) in [6.07, 6.45) is 1.80. The number of aromatic nitrogens is 2. The molecule has 0 radical (unpaired) electrons. The van der Waals surface area contributed by atoms with Gasteiger partial charge in [-0.2, -0.15) is 0 Å². The SMILES string of the molecule is CCC(CCO)CNc1cc(N)nc(-c2ccccc2)n1. The van der Waals surface area contributed by atoms with Gasteiger partial charge >= 0.3 is 0 Å². The molecule has 0 aliphatic carbocycles. The van der Waals surface area contributed by atoms with Crippen LogP contribution in [0.15, 0.2) is 36.4 Å². The number of hydrogen-bond acceptors (Lipinski definition) is 5. The van der Waals surface area contributed by atoms with Crippen LogP contribution in [0.1, 0.15) is 19.8 Å². The summed E-state index contributed by atoms with van der Waals surface area (Å²) >= 11 is 0. The molecule has 5 nitrogen and oxygen atoms in total. The topological polar surface area (TPSA) is 84.1 Å². The zero-order chi connectivity index (χ0) is 15.1. The van der Waals surface area contributed by atoms with Crippen LogP contribution in [0.5, 0.6) is 0 Å². The third-order valence-electron chi connectivity index (χ3n) is 3.46. The van der Waals surface area contributed by atoms with Crippen LogP contribution in [0.4, 0.5) is 11.6 Å². The van der Waals surface area contributed by atoms with Gasteiger partial charge < -0.3 is 16.2 Å². The molecule has 0 spiro atoms. The fourth-order valence-corrected chi connectivity index (χ4v) is 2.15. The first-order chi connectivity index (χ1) is 10.2. The quantitative estimate of drug-likeness (QED) is 0.728. The van der Waals surface area contributed by atoms with Crippen LogP contribution in [-0.4, -0.2) is 28.2 Å². The summed E-state index contributed by atoms with van der Waals surface area (Å²) in [5.41, 5.74) is 6.80. The Morgan fingerprint density at radius 3 is 2.67 bits per heavy atom. The Labute approximate surface area is 125 Å². The second-order valence-electron chi connectivity index (χ2n) is 5.04. The molecule has 1 aromatic heterocycles. The normalized spacial score (nSPS) is 12.1. The third-order valence-corrected chi connectivity index (χ3v) is 3.46. The maximum Gasteiger partial charge on any atom is 0.163 e. The molecule has 0 fully saturated rings. The van der Waals surface area contributed by atoms with E-state index in [0.29, 0.717) is 17.6 Å². The fourth-order valence-electron chi connectivity index (χ4n) is 2.15. The van der Waals surface area contributed by atoms with E-state index in [0.717, 1.165) is 30.8 Å². The summed E-state index contributed by atoms with van der Waals surface area (Å²) in [6, 6.07) is 11.5. The predicted octanol–water partition coefficient (Wildman–Crippen LogP) is 2.55. The standard InChI is InChI=1S/C16H22N4O/c1-2-12(8-9-21)11-18-15-10-14(17)19-16(20-15)13-6-4-3-5-7-13/h3-7,10,12,21H,2,8-9,11H2,1H3,(H3,17,18,19,20). The average molecular weight is 286 g/mol. The lowest BCUT2D eigenvalue weighted by Gasteiger charge is -2.15. The highest BCUT2D eigenvalue weighted by molar-refractivity contribution is 5.60. The van der Waals surface area contributed by atoms with Crippen molar-refractivity contribution in [1.29, 1.82) is 0 Å². The molecule has 5 heteroatoms. The number of nitrogens with zero attached hydrogens (tertiary/aromatic N) is 2. The van der Waals surface area contributed by atoms with E-state index in [4.69, 9.17) is 10.8 Å². The van der Waals surface area contributed by atoms with Crippen molar-refractivity contribution in [2.45, 2.75) is 19.8 Å². The molecular weight excluding hydrogens is 264 g/mol. The van der Waals surface area contributed by atoms with Crippen LogP contribution in [0.2, 0.25) is 0 Å². The van der Waals surface area contributed by atoms with Gasteiger partial charge in [0.2, 0.25) is 0 Å². The minimum Gasteiger partial charge on any atom is -0.396 e. The van der Waals surface area contributed by atoms with Gasteiger partial charge in [-0.1, -0.05) is 43.7 Å². The van der Waals surface area contributed by atoms with E-state index >= 15 is 0 Å². The molecule has 4 N–H and O–H groups in total. The van der Waals surface area contributed by atoms with Gasteiger partial charge in [0, 0.05) is 24.8 Å². The average Bonchev–Trinajstić information content (AvgIpc) is 2.52. The Morgan fingerprint density at radius 1 is 1.24 bits per heavy atom. The second kappa shape index (κ2) is 7.59. The number of benzene rings is 1. The molecule has 0 amide bonds. The van der Waals surface area contributed by atoms with E-state index in [1.807, 2.05) is 30.3 Å². The van der Waals surface area contributed by atoms with Crippen molar-refractivity contribution in [3.8, 4) is 11.4 Å². The second-order valence-corrected chi connectivity index (χ2v) is 5.04. The monoisotopic (exact) mass is 286 g/mol. The Bertz CT molecular complexity index is 559. The number of anilines is 2. The van der Waals surface area contributed by atoms with Crippen molar-refractivity contribution in [2.24, 2.45) is 5.92 Å². The number of hydrogen-bond donors (Lipinski definition) is 3. The molecule has 1 unspecified atom stereocenters. The van der Waals surface area contributed by atoms with Crippen LogP contribution in [0, 0.1) is 5.92 Å². The highest BCUT2D eigenvalue weighted by Crippen LogP contribution is 2.19. The van der Waals surface area contributed by atoms with E-state index in [1.165, 1.54) is 0 Å². The summed E-state index contributed by atoms with van der Waals surface area (Å²) in [7, 11) is 0. The first kappa shape index (κ1) is 15.3. The minimum atomic E-state index is 0.210. The maximum atomic E-state index is 9.03. The number of rotatable bonds is 7. The van der Waals surface area contributed by atoms with Gasteiger partial charge in [0.05, 0.1) is 0 Å². The van der Waals surface area contributed by atoms with E-state index in [2.05, 4.69) is 22.2 Å². The largest absolute Gasteiger partial charge is 0.396 e. The van der Waals surface area contributed by atoms with Gasteiger partial charge in [-0.15, -0.1) is 0 Å². The van der Waals surface area contributed by atoms with Crippen LogP contribution >= 0.6 is 0 Å². The molecule has 0 bridgehead atoms. The molecule has 1 aromatic carbocycles. The van der Waals surface area contributed by atoms with E-state index in [9.17, 15) is 0 Å². The Kier molecular flexibility index (Phi) is 5.51. The minimum absolute atomic E-state index is 0.210. The summed E-state index contributed by atoms with van der Waals surface area (Å²) in [4.78, 5) is 8.78. The molecule has 2 rings (SSSR count). The zero-order valence-corrected chi connectivity index (χ0v) is 12.3. The van der Waals surface area contributed by atoms with Crippen molar-refractivity contribution in [3.05, 3.63) is 36.4 Å². The van der Waals surface area contributed by atoms with Crippen molar-refractivity contribution in [3.63, 3.8) is 0 Å². The summed E-state index contributed by atoms with van der Waals surface area (Å²) in [5, 5.41) is 12.3. The molecule has 112 valence electrons. The fraction of sp³-hybridized carbons (Fsp3) is 0.375. The lowest BCUT2D eigenvalue weighted by Crippen LogP contribution is -2.16. The van der Waals surface area contributed by atoms with Crippen LogP contribution in [0.3, 0.4) is 0 Å². The van der Waals surface area contributed by atoms with Crippen LogP contribution in [-0.2, 0) is 0 Å². The van der Waals surface area contributed by atoms with Gasteiger partial charge in [-0.25, -0.2) is 9.97 Å². The van der Waals surface area contributed by atoms with Crippen molar-refractivity contribution in [1.82, 2.24) is 9.97 Å². The Hall–Kier alpha value is -2.14. The number of nitrogen functional groups attached to an aromatic ring is 1. The molecule has 0 saturated heterocycles. The molecular formula is C16H22N4O. The first-order valence-corrected chi connectivity index (χ1v) is 7.27. The van der Waals surface area contributed by atoms with E-state index < -0.39 is 0 Å². The lowest BCUT2D eigenvalue weighted by atomic mass is 10.0. The number of nitrogens with one attached hydrogen (secondary N) is 1.